The standard InChI is InChI=1S/C20H23N7O/c28-20-17(15-4-3-6-21-11-15)12-24-27(20)19-10-18(22-14-23-19)26-9-8-25-7-2-1-5-16(25)13-26/h3-4,6,10-12,14,16,24H,1-2,5,7-9,13H2. The summed E-state index contributed by atoms with van der Waals surface area (Å²) >= 11 is 0. The molecule has 2 aliphatic heterocycles. The number of hydrogen-bond acceptors (Lipinski definition) is 6. The molecule has 2 aliphatic rings. The minimum absolute atomic E-state index is 0.144. The summed E-state index contributed by atoms with van der Waals surface area (Å²) in [7, 11) is 0. The molecular formula is C20H23N7O. The van der Waals surface area contributed by atoms with Crippen LogP contribution in [0.2, 0.25) is 0 Å². The average Bonchev–Trinajstić information content (AvgIpc) is 3.15. The molecule has 0 saturated carbocycles. The molecule has 0 radical (unpaired) electrons. The monoisotopic (exact) mass is 377 g/mol. The number of aromatic amines is 1. The van der Waals surface area contributed by atoms with Gasteiger partial charge in [-0.25, -0.2) is 14.6 Å². The number of piperidine rings is 1. The molecule has 1 atom stereocenters. The van der Waals surface area contributed by atoms with Crippen molar-refractivity contribution in [2.45, 2.75) is 25.3 Å². The number of fused-ring (bicyclic) bond motifs is 1. The first-order valence-electron chi connectivity index (χ1n) is 9.82. The second kappa shape index (κ2) is 7.20. The molecule has 2 saturated heterocycles. The molecular weight excluding hydrogens is 354 g/mol. The fourth-order valence-electron chi connectivity index (χ4n) is 4.27. The van der Waals surface area contributed by atoms with Gasteiger partial charge >= 0.3 is 0 Å². The maximum absolute atomic E-state index is 12.9. The molecule has 1 N–H and O–H groups in total. The van der Waals surface area contributed by atoms with Crippen molar-refractivity contribution in [3.05, 3.63) is 53.5 Å². The van der Waals surface area contributed by atoms with Crippen molar-refractivity contribution < 1.29 is 0 Å². The average molecular weight is 377 g/mol. The third kappa shape index (κ3) is 3.09. The van der Waals surface area contributed by atoms with Crippen molar-refractivity contribution in [1.29, 1.82) is 0 Å². The highest BCUT2D eigenvalue weighted by Crippen LogP contribution is 2.24. The van der Waals surface area contributed by atoms with Crippen LogP contribution < -0.4 is 10.5 Å². The molecule has 0 amide bonds. The number of H-pyrrole nitrogens is 1. The van der Waals surface area contributed by atoms with E-state index in [9.17, 15) is 4.79 Å². The molecule has 5 rings (SSSR count). The molecule has 8 heteroatoms. The summed E-state index contributed by atoms with van der Waals surface area (Å²) in [5, 5.41) is 3.02. The quantitative estimate of drug-likeness (QED) is 0.748. The molecule has 3 aromatic rings. The molecule has 3 aromatic heterocycles. The topological polar surface area (TPSA) is 82.9 Å². The van der Waals surface area contributed by atoms with E-state index in [4.69, 9.17) is 0 Å². The first kappa shape index (κ1) is 17.1. The lowest BCUT2D eigenvalue weighted by molar-refractivity contribution is 0.133. The summed E-state index contributed by atoms with van der Waals surface area (Å²) in [5.41, 5.74) is 1.21. The zero-order valence-corrected chi connectivity index (χ0v) is 15.7. The van der Waals surface area contributed by atoms with E-state index in [1.165, 1.54) is 36.8 Å². The Morgan fingerprint density at radius 1 is 1.11 bits per heavy atom. The summed E-state index contributed by atoms with van der Waals surface area (Å²) in [6.45, 7) is 4.21. The number of pyridine rings is 1. The first-order valence-corrected chi connectivity index (χ1v) is 9.82. The Hall–Kier alpha value is -3.00. The van der Waals surface area contributed by atoms with E-state index in [0.29, 0.717) is 17.4 Å². The van der Waals surface area contributed by atoms with Crippen LogP contribution in [0.15, 0.2) is 47.9 Å². The summed E-state index contributed by atoms with van der Waals surface area (Å²) in [6.07, 6.45) is 10.5. The van der Waals surface area contributed by atoms with Crippen LogP contribution in [0.25, 0.3) is 16.9 Å². The lowest BCUT2D eigenvalue weighted by Crippen LogP contribution is -2.55. The lowest BCUT2D eigenvalue weighted by Gasteiger charge is -2.44. The summed E-state index contributed by atoms with van der Waals surface area (Å²) < 4.78 is 1.46. The third-order valence-corrected chi connectivity index (χ3v) is 5.77. The minimum Gasteiger partial charge on any atom is -0.354 e. The maximum Gasteiger partial charge on any atom is 0.280 e. The number of nitrogens with one attached hydrogen (secondary N) is 1. The Labute approximate surface area is 162 Å². The maximum atomic E-state index is 12.9. The van der Waals surface area contributed by atoms with Gasteiger partial charge in [0.1, 0.15) is 12.1 Å². The molecule has 0 spiro atoms. The Morgan fingerprint density at radius 2 is 2.04 bits per heavy atom. The van der Waals surface area contributed by atoms with Gasteiger partial charge < -0.3 is 4.90 Å². The second-order valence-corrected chi connectivity index (χ2v) is 7.44. The highest BCUT2D eigenvalue weighted by molar-refractivity contribution is 5.60. The molecule has 28 heavy (non-hydrogen) atoms. The number of hydrogen-bond donors (Lipinski definition) is 1. The van der Waals surface area contributed by atoms with Crippen LogP contribution in [0, 0.1) is 0 Å². The van der Waals surface area contributed by atoms with Gasteiger partial charge in [0.2, 0.25) is 0 Å². The number of anilines is 1. The summed E-state index contributed by atoms with van der Waals surface area (Å²) in [4.78, 5) is 30.7. The van der Waals surface area contributed by atoms with Gasteiger partial charge in [-0.05, 0) is 25.5 Å². The fourth-order valence-corrected chi connectivity index (χ4v) is 4.27. The predicted molar refractivity (Wildman–Crippen MR) is 107 cm³/mol. The molecule has 2 fully saturated rings. The molecule has 144 valence electrons. The van der Waals surface area contributed by atoms with Gasteiger partial charge in [-0.3, -0.25) is 19.8 Å². The molecule has 1 unspecified atom stereocenters. The van der Waals surface area contributed by atoms with E-state index >= 15 is 0 Å². The van der Waals surface area contributed by atoms with Crippen LogP contribution in [0.4, 0.5) is 5.82 Å². The van der Waals surface area contributed by atoms with E-state index in [1.54, 1.807) is 18.6 Å². The second-order valence-electron chi connectivity index (χ2n) is 7.44. The SMILES string of the molecule is O=c1c(-c2cccnc2)c[nH]n1-c1cc(N2CCN3CCCCC3C2)ncn1. The van der Waals surface area contributed by atoms with E-state index in [1.807, 2.05) is 18.2 Å². The third-order valence-electron chi connectivity index (χ3n) is 5.77. The van der Waals surface area contributed by atoms with Crippen molar-refractivity contribution in [2.75, 3.05) is 31.1 Å². The van der Waals surface area contributed by atoms with Crippen LogP contribution in [0.3, 0.4) is 0 Å². The molecule has 5 heterocycles. The molecule has 0 bridgehead atoms. The van der Waals surface area contributed by atoms with Gasteiger partial charge in [-0.1, -0.05) is 12.5 Å². The molecule has 0 aromatic carbocycles. The summed E-state index contributed by atoms with van der Waals surface area (Å²) in [6, 6.07) is 6.19. The van der Waals surface area contributed by atoms with Gasteiger partial charge in [-0.15, -0.1) is 0 Å². The first-order chi connectivity index (χ1) is 13.8. The minimum atomic E-state index is -0.144. The largest absolute Gasteiger partial charge is 0.354 e. The number of aromatic nitrogens is 5. The highest BCUT2D eigenvalue weighted by Gasteiger charge is 2.29. The van der Waals surface area contributed by atoms with Crippen molar-refractivity contribution >= 4 is 5.82 Å². The Bertz CT molecular complexity index is 1010. The molecule has 8 nitrogen and oxygen atoms in total. The van der Waals surface area contributed by atoms with Gasteiger partial charge in [0.15, 0.2) is 5.82 Å². The van der Waals surface area contributed by atoms with Crippen molar-refractivity contribution in [3.8, 4) is 16.9 Å². The van der Waals surface area contributed by atoms with Gasteiger partial charge in [0.25, 0.3) is 5.56 Å². The lowest BCUT2D eigenvalue weighted by atomic mass is 9.99. The number of rotatable bonds is 3. The summed E-state index contributed by atoms with van der Waals surface area (Å²) in [5.74, 6) is 1.43. The Morgan fingerprint density at radius 3 is 2.93 bits per heavy atom. The van der Waals surface area contributed by atoms with Crippen LogP contribution in [0.1, 0.15) is 19.3 Å². The number of piperazine rings is 1. The van der Waals surface area contributed by atoms with Crippen molar-refractivity contribution in [2.24, 2.45) is 0 Å². The van der Waals surface area contributed by atoms with E-state index in [2.05, 4.69) is 29.9 Å². The van der Waals surface area contributed by atoms with Crippen molar-refractivity contribution in [1.82, 2.24) is 29.6 Å². The van der Waals surface area contributed by atoms with Gasteiger partial charge in [0.05, 0.1) is 5.56 Å². The predicted octanol–water partition coefficient (Wildman–Crippen LogP) is 1.69. The van der Waals surface area contributed by atoms with Crippen LogP contribution in [0.5, 0.6) is 0 Å². The molecule has 0 aliphatic carbocycles. The smallest absolute Gasteiger partial charge is 0.280 e. The zero-order chi connectivity index (χ0) is 18.9. The van der Waals surface area contributed by atoms with Crippen LogP contribution >= 0.6 is 0 Å². The fraction of sp³-hybridized carbons (Fsp3) is 0.400. The van der Waals surface area contributed by atoms with E-state index < -0.39 is 0 Å². The van der Waals surface area contributed by atoms with Crippen molar-refractivity contribution in [3.63, 3.8) is 0 Å². The van der Waals surface area contributed by atoms with E-state index in [-0.39, 0.29) is 5.56 Å². The normalized spacial score (nSPS) is 20.1. The van der Waals surface area contributed by atoms with E-state index in [0.717, 1.165) is 31.0 Å². The zero-order valence-electron chi connectivity index (χ0n) is 15.7. The van der Waals surface area contributed by atoms with Crippen LogP contribution in [-0.2, 0) is 0 Å². The highest BCUT2D eigenvalue weighted by atomic mass is 16.1. The Kier molecular flexibility index (Phi) is 4.40. The van der Waals surface area contributed by atoms with Gasteiger partial charge in [-0.2, -0.15) is 0 Å². The number of nitrogens with zero attached hydrogens (tertiary/aromatic N) is 6. The van der Waals surface area contributed by atoms with Gasteiger partial charge in [0, 0.05) is 55.9 Å². The Balaban J connectivity index is 1.42. The van der Waals surface area contributed by atoms with Crippen LogP contribution in [-0.4, -0.2) is 61.9 Å².